The van der Waals surface area contributed by atoms with Crippen LogP contribution in [0.5, 0.6) is 5.88 Å². The number of sulfonamides is 1. The Morgan fingerprint density at radius 2 is 1.95 bits per heavy atom. The summed E-state index contributed by atoms with van der Waals surface area (Å²) in [5, 5.41) is 3.97. The van der Waals surface area contributed by atoms with Crippen LogP contribution < -0.4 is 15.8 Å². The molecule has 10 nitrogen and oxygen atoms in total. The van der Waals surface area contributed by atoms with Crippen molar-refractivity contribution in [1.82, 2.24) is 24.6 Å². The van der Waals surface area contributed by atoms with Crippen LogP contribution in [0.2, 0.25) is 5.02 Å². The lowest BCUT2D eigenvalue weighted by Gasteiger charge is -2.37. The first kappa shape index (κ1) is 32.4. The van der Waals surface area contributed by atoms with E-state index < -0.39 is 27.8 Å². The molecule has 0 saturated carbocycles. The van der Waals surface area contributed by atoms with Crippen LogP contribution in [0.15, 0.2) is 49.1 Å². The summed E-state index contributed by atoms with van der Waals surface area (Å²) in [5.41, 5.74) is 8.60. The summed E-state index contributed by atoms with van der Waals surface area (Å²) in [6, 6.07) is 5.79. The van der Waals surface area contributed by atoms with Gasteiger partial charge in [0.05, 0.1) is 48.1 Å². The number of hydrogen-bond acceptors (Lipinski definition) is 9. The van der Waals surface area contributed by atoms with Gasteiger partial charge in [-0.1, -0.05) is 23.7 Å². The molecular formula is C31H38ClFN6O4S. The van der Waals surface area contributed by atoms with E-state index in [4.69, 9.17) is 22.1 Å². The highest BCUT2D eigenvalue weighted by atomic mass is 35.5. The van der Waals surface area contributed by atoms with Gasteiger partial charge in [-0.25, -0.2) is 17.8 Å². The van der Waals surface area contributed by atoms with E-state index >= 15 is 4.39 Å². The van der Waals surface area contributed by atoms with Gasteiger partial charge in [-0.2, -0.15) is 4.31 Å². The van der Waals surface area contributed by atoms with Crippen molar-refractivity contribution in [1.29, 1.82) is 0 Å². The maximum atomic E-state index is 15.2. The molecule has 5 atom stereocenters. The van der Waals surface area contributed by atoms with Gasteiger partial charge in [0, 0.05) is 42.8 Å². The molecule has 13 heteroatoms. The van der Waals surface area contributed by atoms with Crippen LogP contribution in [0.1, 0.15) is 61.4 Å². The molecule has 0 spiro atoms. The summed E-state index contributed by atoms with van der Waals surface area (Å²) in [5.74, 6) is -1.05. The number of nitrogens with one attached hydrogen (secondary N) is 1. The van der Waals surface area contributed by atoms with Crippen LogP contribution >= 0.6 is 11.6 Å². The number of Topliss-reactive ketones (excluding diaryl/α,β-unsaturated/α-hetero) is 1. The number of carbonyl (C=O) groups excluding carboxylic acids is 1. The zero-order valence-corrected chi connectivity index (χ0v) is 26.4. The largest absolute Gasteiger partial charge is 0.474 e. The quantitative estimate of drug-likeness (QED) is 0.321. The molecule has 3 N–H and O–H groups in total. The normalized spacial score (nSPS) is 22.6. The van der Waals surface area contributed by atoms with E-state index in [1.54, 1.807) is 34.8 Å². The third kappa shape index (κ3) is 7.60. The average molecular weight is 645 g/mol. The van der Waals surface area contributed by atoms with Gasteiger partial charge in [-0.15, -0.1) is 0 Å². The maximum Gasteiger partial charge on any atom is 0.232 e. The van der Waals surface area contributed by atoms with Crippen molar-refractivity contribution in [3.05, 3.63) is 82.3 Å². The van der Waals surface area contributed by atoms with Crippen LogP contribution in [-0.4, -0.2) is 76.5 Å². The number of benzene rings is 1. The van der Waals surface area contributed by atoms with Gasteiger partial charge in [0.15, 0.2) is 5.78 Å². The van der Waals surface area contributed by atoms with E-state index in [1.165, 1.54) is 12.4 Å². The molecule has 2 saturated heterocycles. The number of halogens is 2. The molecule has 236 valence electrons. The lowest BCUT2D eigenvalue weighted by molar-refractivity contribution is -0.120. The zero-order valence-electron chi connectivity index (χ0n) is 24.8. The monoisotopic (exact) mass is 644 g/mol. The Morgan fingerprint density at radius 3 is 2.66 bits per heavy atom. The first-order chi connectivity index (χ1) is 21.0. The number of ketones is 1. The molecular weight excluding hydrogens is 607 g/mol. The smallest absolute Gasteiger partial charge is 0.232 e. The van der Waals surface area contributed by atoms with Crippen molar-refractivity contribution in [2.24, 2.45) is 5.73 Å². The highest BCUT2D eigenvalue weighted by molar-refractivity contribution is 7.89. The fourth-order valence-corrected chi connectivity index (χ4v) is 7.94. The van der Waals surface area contributed by atoms with Crippen LogP contribution in [0, 0.1) is 5.82 Å². The maximum absolute atomic E-state index is 15.2. The first-order valence-electron chi connectivity index (χ1n) is 14.9. The highest BCUT2D eigenvalue weighted by Crippen LogP contribution is 2.30. The Morgan fingerprint density at radius 1 is 1.18 bits per heavy atom. The molecule has 2 bridgehead atoms. The highest BCUT2D eigenvalue weighted by Gasteiger charge is 2.38. The van der Waals surface area contributed by atoms with Gasteiger partial charge in [0.25, 0.3) is 0 Å². The first-order valence-corrected chi connectivity index (χ1v) is 16.9. The number of rotatable bonds is 11. The van der Waals surface area contributed by atoms with Crippen molar-refractivity contribution < 1.29 is 22.3 Å². The van der Waals surface area contributed by atoms with Gasteiger partial charge in [0.1, 0.15) is 5.82 Å². The fourth-order valence-electron chi connectivity index (χ4n) is 6.00. The molecule has 3 aromatic rings. The Bertz CT molecular complexity index is 1560. The number of hydrogen-bond donors (Lipinski definition) is 2. The van der Waals surface area contributed by atoms with Crippen molar-refractivity contribution in [2.75, 3.05) is 18.8 Å². The number of piperazine rings is 1. The summed E-state index contributed by atoms with van der Waals surface area (Å²) >= 11 is 6.13. The second kappa shape index (κ2) is 13.9. The summed E-state index contributed by atoms with van der Waals surface area (Å²) in [6.45, 7) is 4.69. The summed E-state index contributed by atoms with van der Waals surface area (Å²) in [7, 11) is -3.38. The van der Waals surface area contributed by atoms with Crippen LogP contribution in [-0.2, 0) is 27.7 Å². The van der Waals surface area contributed by atoms with Crippen LogP contribution in [0.4, 0.5) is 4.39 Å². The third-order valence-electron chi connectivity index (χ3n) is 8.23. The molecule has 5 rings (SSSR count). The number of fused-ring (bicyclic) bond motifs is 2. The van der Waals surface area contributed by atoms with Gasteiger partial charge in [0.2, 0.25) is 15.9 Å². The number of carbonyl (C=O) groups is 1. The summed E-state index contributed by atoms with van der Waals surface area (Å²) < 4.78 is 48.2. The Kier molecular flexibility index (Phi) is 10.3. The molecule has 2 aliphatic heterocycles. The molecule has 1 unspecified atom stereocenters. The van der Waals surface area contributed by atoms with Gasteiger partial charge in [-0.3, -0.25) is 14.8 Å². The molecule has 0 radical (unpaired) electrons. The minimum atomic E-state index is -3.38. The average Bonchev–Trinajstić information content (AvgIpc) is 3.10. The van der Waals surface area contributed by atoms with Crippen molar-refractivity contribution in [3.63, 3.8) is 0 Å². The predicted octanol–water partition coefficient (Wildman–Crippen LogP) is 3.42. The van der Waals surface area contributed by atoms with E-state index in [0.29, 0.717) is 53.7 Å². The number of nitrogens with zero attached hydrogens (tertiary/aromatic N) is 4. The van der Waals surface area contributed by atoms with Crippen molar-refractivity contribution >= 4 is 27.4 Å². The topological polar surface area (TPSA) is 140 Å². The van der Waals surface area contributed by atoms with Gasteiger partial charge >= 0.3 is 0 Å². The molecule has 2 aromatic heterocycles. The fraction of sp³-hybridized carbons (Fsp3) is 0.484. The number of ether oxygens (including phenoxy) is 1. The van der Waals surface area contributed by atoms with Gasteiger partial charge < -0.3 is 15.8 Å². The minimum Gasteiger partial charge on any atom is -0.474 e. The number of nitrogens with two attached hydrogens (primary N) is 1. The predicted molar refractivity (Wildman–Crippen MR) is 166 cm³/mol. The molecule has 2 fully saturated rings. The summed E-state index contributed by atoms with van der Waals surface area (Å²) in [4.78, 5) is 26.6. The molecule has 0 amide bonds. The molecule has 2 aliphatic rings. The van der Waals surface area contributed by atoms with E-state index in [-0.39, 0.29) is 42.6 Å². The Hall–Kier alpha value is -3.03. The SMILES string of the molecule is CC(C)Oc1cnc([C@H](c2ccc(Cl)cc2)[C@H](N)C(=O)Cc2cncc(F)c2CC[C@H]2CN[C@@H]3CCCS(=O)(=O)N2C3)cn1. The van der Waals surface area contributed by atoms with E-state index in [0.717, 1.165) is 18.2 Å². The Balaban J connectivity index is 1.36. The second-order valence-electron chi connectivity index (χ2n) is 11.7. The zero-order chi connectivity index (χ0) is 31.4. The van der Waals surface area contributed by atoms with Crippen LogP contribution in [0.25, 0.3) is 0 Å². The van der Waals surface area contributed by atoms with Crippen molar-refractivity contribution in [2.45, 2.75) is 76.1 Å². The van der Waals surface area contributed by atoms with Crippen molar-refractivity contribution in [3.8, 4) is 5.88 Å². The third-order valence-corrected chi connectivity index (χ3v) is 10.4. The summed E-state index contributed by atoms with van der Waals surface area (Å²) in [6.07, 6.45) is 7.49. The van der Waals surface area contributed by atoms with Gasteiger partial charge in [-0.05, 0) is 68.4 Å². The molecule has 44 heavy (non-hydrogen) atoms. The van der Waals surface area contributed by atoms with Crippen LogP contribution in [0.3, 0.4) is 0 Å². The van der Waals surface area contributed by atoms with E-state index in [9.17, 15) is 13.2 Å². The molecule has 4 heterocycles. The Labute approximate surface area is 262 Å². The van der Waals surface area contributed by atoms with E-state index in [2.05, 4.69) is 20.3 Å². The van der Waals surface area contributed by atoms with E-state index in [1.807, 2.05) is 13.8 Å². The number of aromatic nitrogens is 3. The molecule has 1 aromatic carbocycles. The second-order valence-corrected chi connectivity index (χ2v) is 14.2. The lowest BCUT2D eigenvalue weighted by atomic mass is 9.84. The number of pyridine rings is 1. The molecule has 0 aliphatic carbocycles. The standard InChI is InChI=1S/C31H38ClFN6O4S/c1-19(2)43-29-17-37-27(16-38-29)30(20-5-7-22(32)8-6-20)31(34)28(40)12-21-13-35-15-26(33)25(21)10-9-24-14-36-23-4-3-11-44(41,42)39(24)18-23/h5-8,13,15-17,19,23-24,30-31,36H,3-4,9-12,14,18,34H2,1-2H3/t23-,24+,30+,31-/m1/s1. The minimum absolute atomic E-state index is 0.0832. The lowest BCUT2D eigenvalue weighted by Crippen LogP contribution is -2.57.